The maximum atomic E-state index is 13.6. The summed E-state index contributed by atoms with van der Waals surface area (Å²) in [6.07, 6.45) is 6.23. The second kappa shape index (κ2) is 12.4. The van der Waals surface area contributed by atoms with Crippen LogP contribution < -0.4 is 20.4 Å². The van der Waals surface area contributed by atoms with Crippen molar-refractivity contribution < 1.29 is 14.3 Å². The molecular formula is C35H48N6O3S. The van der Waals surface area contributed by atoms with Crippen molar-refractivity contribution in [1.82, 2.24) is 24.6 Å². The van der Waals surface area contributed by atoms with Gasteiger partial charge in [0.05, 0.1) is 36.7 Å². The van der Waals surface area contributed by atoms with Crippen molar-refractivity contribution in [1.29, 1.82) is 0 Å². The van der Waals surface area contributed by atoms with E-state index in [0.717, 1.165) is 50.8 Å². The van der Waals surface area contributed by atoms with Crippen LogP contribution in [0.2, 0.25) is 0 Å². The number of para-hydroxylation sites is 1. The van der Waals surface area contributed by atoms with Crippen LogP contribution in [0.3, 0.4) is 0 Å². The molecule has 4 bridgehead atoms. The maximum Gasteiger partial charge on any atom is 0.348 e. The fraction of sp³-hybridized carbons (Fsp3) is 0.571. The van der Waals surface area contributed by atoms with E-state index in [0.29, 0.717) is 12.5 Å². The lowest BCUT2D eigenvalue weighted by Gasteiger charge is -2.38. The third-order valence-corrected chi connectivity index (χ3v) is 10.6. The van der Waals surface area contributed by atoms with E-state index >= 15 is 0 Å². The minimum atomic E-state index is -0.603. The summed E-state index contributed by atoms with van der Waals surface area (Å²) in [7, 11) is 1.82. The molecule has 2 aromatic carbocycles. The van der Waals surface area contributed by atoms with E-state index in [-0.39, 0.29) is 18.0 Å². The zero-order chi connectivity index (χ0) is 31.3. The van der Waals surface area contributed by atoms with E-state index in [2.05, 4.69) is 76.3 Å². The van der Waals surface area contributed by atoms with Gasteiger partial charge in [0.2, 0.25) is 0 Å². The Labute approximate surface area is 272 Å². The molecule has 2 atom stereocenters. The highest BCUT2D eigenvalue weighted by molar-refractivity contribution is 7.78. The minimum absolute atomic E-state index is 0.0717. The van der Waals surface area contributed by atoms with Crippen molar-refractivity contribution in [2.75, 3.05) is 44.9 Å². The Morgan fingerprint density at radius 1 is 1.07 bits per heavy atom. The Bertz CT molecular complexity index is 1560. The summed E-state index contributed by atoms with van der Waals surface area (Å²) >= 11 is 4.56. The SMILES string of the molecule is CC1NC(C)(C)NN(S)C(=O)N(C)c2ccc3c(C4CCCCC4)c4n(c3c2)C[C@H]1COc1c(CN2CCOCC2)cccc1-4. The van der Waals surface area contributed by atoms with Crippen LogP contribution in [0.1, 0.15) is 69.9 Å². The van der Waals surface area contributed by atoms with Gasteiger partial charge < -0.3 is 14.0 Å². The second-order valence-corrected chi connectivity index (χ2v) is 14.4. The molecule has 2 fully saturated rings. The number of benzene rings is 2. The number of thiol groups is 1. The van der Waals surface area contributed by atoms with Crippen molar-refractivity contribution in [2.45, 2.75) is 83.6 Å². The Balaban J connectivity index is 1.47. The van der Waals surface area contributed by atoms with Gasteiger partial charge in [0, 0.05) is 67.4 Å². The van der Waals surface area contributed by atoms with Gasteiger partial charge in [-0.1, -0.05) is 37.5 Å². The third kappa shape index (κ3) is 5.96. The first kappa shape index (κ1) is 30.9. The number of fused-ring (bicyclic) bond motifs is 4. The highest BCUT2D eigenvalue weighted by Crippen LogP contribution is 2.48. The van der Waals surface area contributed by atoms with Gasteiger partial charge in [-0.3, -0.25) is 15.1 Å². The number of nitrogens with one attached hydrogen (secondary N) is 2. The molecule has 0 radical (unpaired) electrons. The Hall–Kier alpha value is -2.76. The van der Waals surface area contributed by atoms with E-state index < -0.39 is 5.66 Å². The normalized spacial score (nSPS) is 24.9. The molecule has 9 nitrogen and oxygen atoms in total. The predicted octanol–water partition coefficient (Wildman–Crippen LogP) is 6.13. The van der Waals surface area contributed by atoms with Gasteiger partial charge in [-0.25, -0.2) is 14.6 Å². The lowest BCUT2D eigenvalue weighted by Crippen LogP contribution is -2.62. The number of hydrazine groups is 1. The van der Waals surface area contributed by atoms with Crippen molar-refractivity contribution in [2.24, 2.45) is 5.92 Å². The zero-order valence-corrected chi connectivity index (χ0v) is 28.0. The van der Waals surface area contributed by atoms with E-state index in [1.165, 1.54) is 69.8 Å². The molecule has 0 spiro atoms. The van der Waals surface area contributed by atoms with Gasteiger partial charge in [-0.15, -0.1) is 0 Å². The topological polar surface area (TPSA) is 74.2 Å². The van der Waals surface area contributed by atoms with Gasteiger partial charge in [0.15, 0.2) is 0 Å². The number of morpholine rings is 1. The van der Waals surface area contributed by atoms with E-state index in [1.54, 1.807) is 4.90 Å². The van der Waals surface area contributed by atoms with Crippen LogP contribution in [-0.4, -0.2) is 71.6 Å². The van der Waals surface area contributed by atoms with Crippen LogP contribution in [0.4, 0.5) is 10.5 Å². The molecule has 10 heteroatoms. The quantitative estimate of drug-likeness (QED) is 0.302. The Morgan fingerprint density at radius 2 is 1.84 bits per heavy atom. The number of urea groups is 1. The molecule has 3 aromatic rings. The number of anilines is 1. The average molecular weight is 633 g/mol. The lowest BCUT2D eigenvalue weighted by molar-refractivity contribution is 0.0336. The molecule has 1 aliphatic carbocycles. The lowest BCUT2D eigenvalue weighted by atomic mass is 9.81. The molecule has 242 valence electrons. The van der Waals surface area contributed by atoms with Gasteiger partial charge in [0.1, 0.15) is 5.75 Å². The van der Waals surface area contributed by atoms with Crippen molar-refractivity contribution >= 4 is 35.4 Å². The van der Waals surface area contributed by atoms with Crippen LogP contribution in [0.15, 0.2) is 36.4 Å². The number of hydrogen-bond acceptors (Lipinski definition) is 7. The first-order valence-electron chi connectivity index (χ1n) is 16.7. The standard InChI is InChI=1S/C35H48N6O3S/c1-23-26-21-40-30-19-27(38(4)34(42)41(45)37-35(2,3)36-23)13-14-28(30)31(24-9-6-5-7-10-24)32(40)29-12-8-11-25(33(29)44-22-26)20-39-15-17-43-18-16-39/h8,11-14,19,23-24,26,36-37,45H,5-7,9-10,15-18,20-22H2,1-4H3/t23?,26-/m0/s1. The van der Waals surface area contributed by atoms with Crippen LogP contribution in [0.5, 0.6) is 5.75 Å². The van der Waals surface area contributed by atoms with Crippen molar-refractivity contribution in [3.8, 4) is 17.0 Å². The van der Waals surface area contributed by atoms with E-state index in [9.17, 15) is 4.79 Å². The summed E-state index contributed by atoms with van der Waals surface area (Å²) in [5.41, 5.74) is 9.86. The van der Waals surface area contributed by atoms with E-state index in [1.807, 2.05) is 20.9 Å². The van der Waals surface area contributed by atoms with Gasteiger partial charge in [0.25, 0.3) is 0 Å². The first-order valence-corrected chi connectivity index (χ1v) is 17.1. The molecule has 2 amide bonds. The highest BCUT2D eigenvalue weighted by atomic mass is 32.1. The molecular weight excluding hydrogens is 584 g/mol. The fourth-order valence-electron chi connectivity index (χ4n) is 7.99. The highest BCUT2D eigenvalue weighted by Gasteiger charge is 2.35. The number of carbonyl (C=O) groups excluding carboxylic acids is 1. The van der Waals surface area contributed by atoms with Crippen molar-refractivity contribution in [3.05, 3.63) is 47.5 Å². The molecule has 1 saturated heterocycles. The Kier molecular flexibility index (Phi) is 8.54. The summed E-state index contributed by atoms with van der Waals surface area (Å²) in [4.78, 5) is 17.7. The van der Waals surface area contributed by atoms with Gasteiger partial charge >= 0.3 is 6.03 Å². The predicted molar refractivity (Wildman–Crippen MR) is 183 cm³/mol. The Morgan fingerprint density at radius 3 is 2.62 bits per heavy atom. The number of ether oxygens (including phenoxy) is 2. The molecule has 45 heavy (non-hydrogen) atoms. The van der Waals surface area contributed by atoms with Gasteiger partial charge in [-0.2, -0.15) is 0 Å². The molecule has 1 aromatic heterocycles. The number of aromatic nitrogens is 1. The smallest absolute Gasteiger partial charge is 0.348 e. The summed E-state index contributed by atoms with van der Waals surface area (Å²) in [5, 5.41) is 5.06. The van der Waals surface area contributed by atoms with Gasteiger partial charge in [-0.05, 0) is 76.1 Å². The summed E-state index contributed by atoms with van der Waals surface area (Å²) in [6, 6.07) is 13.1. The van der Waals surface area contributed by atoms with Crippen molar-refractivity contribution in [3.63, 3.8) is 0 Å². The molecule has 7 rings (SSSR count). The first-order chi connectivity index (χ1) is 21.7. The molecule has 3 aliphatic heterocycles. The third-order valence-electron chi connectivity index (χ3n) is 10.3. The van der Waals surface area contributed by atoms with Crippen LogP contribution in [0.25, 0.3) is 22.2 Å². The zero-order valence-electron chi connectivity index (χ0n) is 27.1. The molecule has 2 N–H and O–H groups in total. The molecule has 1 saturated carbocycles. The monoisotopic (exact) mass is 632 g/mol. The maximum absolute atomic E-state index is 13.6. The average Bonchev–Trinajstić information content (AvgIpc) is 3.33. The summed E-state index contributed by atoms with van der Waals surface area (Å²) in [5.74, 6) is 1.66. The summed E-state index contributed by atoms with van der Waals surface area (Å²) < 4.78 is 16.5. The van der Waals surface area contributed by atoms with Crippen LogP contribution in [-0.2, 0) is 17.8 Å². The largest absolute Gasteiger partial charge is 0.492 e. The minimum Gasteiger partial charge on any atom is -0.492 e. The van der Waals surface area contributed by atoms with Crippen LogP contribution in [0, 0.1) is 5.92 Å². The number of rotatable bonds is 3. The van der Waals surface area contributed by atoms with E-state index in [4.69, 9.17) is 9.47 Å². The number of carbonyl (C=O) groups is 1. The molecule has 1 unspecified atom stereocenters. The number of nitrogens with zero attached hydrogens (tertiary/aromatic N) is 4. The molecule has 4 aliphatic rings. The molecule has 4 heterocycles. The fourth-order valence-corrected chi connectivity index (χ4v) is 8.37. The van der Waals surface area contributed by atoms with Crippen LogP contribution >= 0.6 is 12.8 Å². The number of amides is 2. The number of hydrogen-bond donors (Lipinski definition) is 3. The summed E-state index contributed by atoms with van der Waals surface area (Å²) in [6.45, 7) is 12.0. The second-order valence-electron chi connectivity index (χ2n) is 14.0.